The number of rotatable bonds is 2. The van der Waals surface area contributed by atoms with Crippen LogP contribution in [0.4, 0.5) is 0 Å². The molecule has 1 rings (SSSR count). The highest BCUT2D eigenvalue weighted by Crippen LogP contribution is 2.19. The average Bonchev–Trinajstić information content (AvgIpc) is 2.25. The van der Waals surface area contributed by atoms with Crippen LogP contribution in [0.2, 0.25) is 0 Å². The zero-order chi connectivity index (χ0) is 12.2. The van der Waals surface area contributed by atoms with E-state index < -0.39 is 5.60 Å². The lowest BCUT2D eigenvalue weighted by Crippen LogP contribution is -2.15. The van der Waals surface area contributed by atoms with Crippen molar-refractivity contribution < 1.29 is 9.90 Å². The van der Waals surface area contributed by atoms with Crippen molar-refractivity contribution in [3.05, 3.63) is 29.8 Å². The van der Waals surface area contributed by atoms with Crippen LogP contribution in [-0.2, 0) is 0 Å². The Kier molecular flexibility index (Phi) is 4.17. The first-order valence-electron chi connectivity index (χ1n) is 4.87. The Bertz CT molecular complexity index is 447. The van der Waals surface area contributed by atoms with Crippen molar-refractivity contribution in [2.75, 3.05) is 6.26 Å². The number of hydrogen-bond donors (Lipinski definition) is 1. The van der Waals surface area contributed by atoms with Gasteiger partial charge in [-0.1, -0.05) is 18.1 Å². The van der Waals surface area contributed by atoms with Crippen molar-refractivity contribution in [1.82, 2.24) is 0 Å². The van der Waals surface area contributed by atoms with Crippen molar-refractivity contribution >= 4 is 17.5 Å². The highest BCUT2D eigenvalue weighted by molar-refractivity contribution is 7.98. The fraction of sp³-hybridized carbons (Fsp3) is 0.308. The summed E-state index contributed by atoms with van der Waals surface area (Å²) < 4.78 is 0. The fourth-order valence-electron chi connectivity index (χ4n) is 1.11. The van der Waals surface area contributed by atoms with Crippen LogP contribution in [0, 0.1) is 11.8 Å². The summed E-state index contributed by atoms with van der Waals surface area (Å²) in [5.74, 6) is 4.72. The van der Waals surface area contributed by atoms with Crippen LogP contribution < -0.4 is 0 Å². The van der Waals surface area contributed by atoms with Crippen molar-refractivity contribution in [2.24, 2.45) is 0 Å². The molecule has 1 aromatic rings. The van der Waals surface area contributed by atoms with Crippen molar-refractivity contribution in [3.8, 4) is 11.8 Å². The minimum atomic E-state index is -1.13. The third-order valence-corrected chi connectivity index (χ3v) is 2.63. The van der Waals surface area contributed by atoms with Gasteiger partial charge in [0.15, 0.2) is 0 Å². The second-order valence-corrected chi connectivity index (χ2v) is 4.69. The van der Waals surface area contributed by atoms with Gasteiger partial charge in [-0.2, -0.15) is 0 Å². The molecule has 0 heterocycles. The van der Waals surface area contributed by atoms with E-state index in [0.717, 1.165) is 4.90 Å². The van der Waals surface area contributed by atoms with E-state index in [4.69, 9.17) is 0 Å². The predicted molar refractivity (Wildman–Crippen MR) is 66.6 cm³/mol. The molecule has 0 aromatic heterocycles. The zero-order valence-corrected chi connectivity index (χ0v) is 10.4. The Morgan fingerprint density at radius 1 is 1.38 bits per heavy atom. The molecule has 0 aliphatic carbocycles. The molecule has 0 aliphatic heterocycles. The van der Waals surface area contributed by atoms with E-state index in [0.29, 0.717) is 5.56 Å². The standard InChI is InChI=1S/C13H14O2S/c1-13(2,15)9-8-11(14)10-6-4-5-7-12(10)16-3/h4-7,15H,1-3H3. The Morgan fingerprint density at radius 3 is 2.56 bits per heavy atom. The number of Topliss-reactive ketones (excluding diaryl/α,β-unsaturated/α-hetero) is 1. The van der Waals surface area contributed by atoms with Gasteiger partial charge in [0, 0.05) is 10.5 Å². The number of ketones is 1. The Labute approximate surface area is 100 Å². The van der Waals surface area contributed by atoms with E-state index in [2.05, 4.69) is 11.8 Å². The van der Waals surface area contributed by atoms with Crippen LogP contribution in [0.5, 0.6) is 0 Å². The molecule has 0 spiro atoms. The highest BCUT2D eigenvalue weighted by Gasteiger charge is 2.10. The summed E-state index contributed by atoms with van der Waals surface area (Å²) in [5, 5.41) is 9.41. The van der Waals surface area contributed by atoms with Gasteiger partial charge < -0.3 is 5.11 Å². The SMILES string of the molecule is CSc1ccccc1C(=O)C#CC(C)(C)O. The maximum atomic E-state index is 11.8. The van der Waals surface area contributed by atoms with E-state index >= 15 is 0 Å². The molecule has 0 saturated carbocycles. The smallest absolute Gasteiger partial charge is 0.237 e. The summed E-state index contributed by atoms with van der Waals surface area (Å²) in [6, 6.07) is 7.31. The normalized spacial score (nSPS) is 10.5. The molecule has 2 nitrogen and oxygen atoms in total. The molecule has 0 amide bonds. The van der Waals surface area contributed by atoms with Gasteiger partial charge in [0.25, 0.3) is 0 Å². The lowest BCUT2D eigenvalue weighted by molar-refractivity contribution is 0.104. The van der Waals surface area contributed by atoms with Gasteiger partial charge in [0.1, 0.15) is 5.60 Å². The molecule has 0 saturated heterocycles. The average molecular weight is 234 g/mol. The summed E-state index contributed by atoms with van der Waals surface area (Å²) in [6.45, 7) is 3.10. The molecule has 0 aliphatic rings. The first kappa shape index (κ1) is 12.8. The third-order valence-electron chi connectivity index (χ3n) is 1.83. The van der Waals surface area contributed by atoms with Gasteiger partial charge in [-0.15, -0.1) is 11.8 Å². The topological polar surface area (TPSA) is 37.3 Å². The van der Waals surface area contributed by atoms with Gasteiger partial charge in [-0.05, 0) is 38.2 Å². The number of hydrogen-bond acceptors (Lipinski definition) is 3. The molecule has 0 unspecified atom stereocenters. The van der Waals surface area contributed by atoms with Crippen LogP contribution in [0.25, 0.3) is 0 Å². The molecule has 1 N–H and O–H groups in total. The summed E-state index contributed by atoms with van der Waals surface area (Å²) in [6.07, 6.45) is 1.91. The molecule has 0 atom stereocenters. The number of thioether (sulfide) groups is 1. The molecule has 84 valence electrons. The number of carbonyl (C=O) groups is 1. The van der Waals surface area contributed by atoms with Crippen LogP contribution in [0.3, 0.4) is 0 Å². The monoisotopic (exact) mass is 234 g/mol. The zero-order valence-electron chi connectivity index (χ0n) is 9.57. The first-order chi connectivity index (χ1) is 7.44. The quantitative estimate of drug-likeness (QED) is 0.369. The van der Waals surface area contributed by atoms with E-state index in [-0.39, 0.29) is 5.78 Å². The first-order valence-corrected chi connectivity index (χ1v) is 6.09. The van der Waals surface area contributed by atoms with E-state index in [1.165, 1.54) is 11.8 Å². The van der Waals surface area contributed by atoms with Crippen molar-refractivity contribution in [2.45, 2.75) is 24.3 Å². The van der Waals surface area contributed by atoms with E-state index in [9.17, 15) is 9.90 Å². The molecule has 1 aromatic carbocycles. The van der Waals surface area contributed by atoms with Gasteiger partial charge >= 0.3 is 0 Å². The summed E-state index contributed by atoms with van der Waals surface area (Å²) >= 11 is 1.51. The van der Waals surface area contributed by atoms with Crippen LogP contribution in [-0.4, -0.2) is 22.7 Å². The summed E-state index contributed by atoms with van der Waals surface area (Å²) in [4.78, 5) is 12.7. The van der Waals surface area contributed by atoms with Crippen LogP contribution >= 0.6 is 11.8 Å². The van der Waals surface area contributed by atoms with Gasteiger partial charge in [0.05, 0.1) is 0 Å². The van der Waals surface area contributed by atoms with Crippen LogP contribution in [0.15, 0.2) is 29.2 Å². The largest absolute Gasteiger partial charge is 0.378 e. The van der Waals surface area contributed by atoms with Gasteiger partial charge in [0.2, 0.25) is 5.78 Å². The minimum absolute atomic E-state index is 0.257. The Balaban J connectivity index is 3.00. The number of benzene rings is 1. The van der Waals surface area contributed by atoms with Gasteiger partial charge in [-0.25, -0.2) is 0 Å². The Hall–Kier alpha value is -1.24. The highest BCUT2D eigenvalue weighted by atomic mass is 32.2. The maximum Gasteiger partial charge on any atom is 0.237 e. The summed E-state index contributed by atoms with van der Waals surface area (Å²) in [5.41, 5.74) is -0.545. The fourth-order valence-corrected chi connectivity index (χ4v) is 1.70. The van der Waals surface area contributed by atoms with E-state index in [1.807, 2.05) is 18.4 Å². The lowest BCUT2D eigenvalue weighted by atomic mass is 10.1. The van der Waals surface area contributed by atoms with E-state index in [1.54, 1.807) is 26.0 Å². The molecular weight excluding hydrogens is 220 g/mol. The molecule has 0 bridgehead atoms. The number of carbonyl (C=O) groups excluding carboxylic acids is 1. The third kappa shape index (κ3) is 3.73. The number of aliphatic hydroxyl groups is 1. The molecule has 16 heavy (non-hydrogen) atoms. The second kappa shape index (κ2) is 5.20. The second-order valence-electron chi connectivity index (χ2n) is 3.84. The minimum Gasteiger partial charge on any atom is -0.378 e. The van der Waals surface area contributed by atoms with Crippen molar-refractivity contribution in [1.29, 1.82) is 0 Å². The molecule has 0 fully saturated rings. The van der Waals surface area contributed by atoms with Crippen LogP contribution in [0.1, 0.15) is 24.2 Å². The molecule has 0 radical (unpaired) electrons. The lowest BCUT2D eigenvalue weighted by Gasteiger charge is -2.06. The summed E-state index contributed by atoms with van der Waals surface area (Å²) in [7, 11) is 0. The Morgan fingerprint density at radius 2 is 2.00 bits per heavy atom. The predicted octanol–water partition coefficient (Wildman–Crippen LogP) is 2.37. The van der Waals surface area contributed by atoms with Crippen molar-refractivity contribution in [3.63, 3.8) is 0 Å². The van der Waals surface area contributed by atoms with Gasteiger partial charge in [-0.3, -0.25) is 4.79 Å². The molecular formula is C13H14O2S. The molecule has 3 heteroatoms. The maximum absolute atomic E-state index is 11.8.